The molecule has 1 aromatic carbocycles. The number of nitrogens with zero attached hydrogens (tertiary/aromatic N) is 2. The Morgan fingerprint density at radius 2 is 1.94 bits per heavy atom. The van der Waals surface area contributed by atoms with Crippen LogP contribution in [0.1, 0.15) is 24.2 Å². The molecule has 0 aliphatic carbocycles. The maximum atomic E-state index is 13.1. The van der Waals surface area contributed by atoms with Gasteiger partial charge >= 0.3 is 0 Å². The Hall–Kier alpha value is -1.46. The SMILES string of the molecule is Cc1cnc(Sc2ccc(F)cc2[C@H](C)O)nc1. The molecule has 5 heteroatoms. The van der Waals surface area contributed by atoms with Gasteiger partial charge in [0.15, 0.2) is 5.16 Å². The van der Waals surface area contributed by atoms with Gasteiger partial charge in [-0.2, -0.15) is 0 Å². The quantitative estimate of drug-likeness (QED) is 0.865. The second kappa shape index (κ2) is 5.46. The lowest BCUT2D eigenvalue weighted by Gasteiger charge is -2.10. The van der Waals surface area contributed by atoms with Crippen molar-refractivity contribution in [3.8, 4) is 0 Å². The zero-order valence-electron chi connectivity index (χ0n) is 10.1. The van der Waals surface area contributed by atoms with Gasteiger partial charge in [0, 0.05) is 17.3 Å². The van der Waals surface area contributed by atoms with E-state index in [0.717, 1.165) is 10.5 Å². The van der Waals surface area contributed by atoms with E-state index in [1.165, 1.54) is 23.9 Å². The molecule has 0 spiro atoms. The smallest absolute Gasteiger partial charge is 0.192 e. The Bertz CT molecular complexity index is 543. The van der Waals surface area contributed by atoms with Crippen LogP contribution >= 0.6 is 11.8 Å². The summed E-state index contributed by atoms with van der Waals surface area (Å²) in [4.78, 5) is 9.11. The molecule has 1 heterocycles. The first-order valence-corrected chi connectivity index (χ1v) is 6.32. The lowest BCUT2D eigenvalue weighted by molar-refractivity contribution is 0.196. The first-order valence-electron chi connectivity index (χ1n) is 5.50. The van der Waals surface area contributed by atoms with E-state index >= 15 is 0 Å². The van der Waals surface area contributed by atoms with E-state index in [2.05, 4.69) is 9.97 Å². The molecular weight excluding hydrogens is 251 g/mol. The summed E-state index contributed by atoms with van der Waals surface area (Å²) in [6, 6.07) is 4.33. The summed E-state index contributed by atoms with van der Waals surface area (Å²) in [5.41, 5.74) is 1.53. The summed E-state index contributed by atoms with van der Waals surface area (Å²) in [5, 5.41) is 10.2. The lowest BCUT2D eigenvalue weighted by Crippen LogP contribution is -1.96. The lowest BCUT2D eigenvalue weighted by atomic mass is 10.1. The van der Waals surface area contributed by atoms with Gasteiger partial charge in [-0.15, -0.1) is 0 Å². The predicted molar refractivity (Wildman–Crippen MR) is 67.9 cm³/mol. The molecule has 0 amide bonds. The predicted octanol–water partition coefficient (Wildman–Crippen LogP) is 3.13. The Kier molecular flexibility index (Phi) is 3.93. The van der Waals surface area contributed by atoms with Gasteiger partial charge in [-0.25, -0.2) is 14.4 Å². The van der Waals surface area contributed by atoms with Crippen molar-refractivity contribution in [3.63, 3.8) is 0 Å². The van der Waals surface area contributed by atoms with Crippen molar-refractivity contribution in [1.82, 2.24) is 9.97 Å². The van der Waals surface area contributed by atoms with Crippen LogP contribution in [0, 0.1) is 12.7 Å². The highest BCUT2D eigenvalue weighted by molar-refractivity contribution is 7.99. The Morgan fingerprint density at radius 1 is 1.28 bits per heavy atom. The van der Waals surface area contributed by atoms with Gasteiger partial charge in [0.2, 0.25) is 0 Å². The first kappa shape index (κ1) is 13.0. The molecule has 1 atom stereocenters. The van der Waals surface area contributed by atoms with Crippen molar-refractivity contribution in [1.29, 1.82) is 0 Å². The number of hydrogen-bond donors (Lipinski definition) is 1. The van der Waals surface area contributed by atoms with Crippen molar-refractivity contribution in [3.05, 3.63) is 47.5 Å². The average molecular weight is 264 g/mol. The van der Waals surface area contributed by atoms with Crippen LogP contribution in [-0.4, -0.2) is 15.1 Å². The van der Waals surface area contributed by atoms with E-state index in [1.54, 1.807) is 25.4 Å². The number of halogens is 1. The number of aromatic nitrogens is 2. The summed E-state index contributed by atoms with van der Waals surface area (Å²) in [6.07, 6.45) is 2.72. The van der Waals surface area contributed by atoms with Crippen LogP contribution in [0.3, 0.4) is 0 Å². The Labute approximate surface area is 109 Å². The maximum Gasteiger partial charge on any atom is 0.192 e. The highest BCUT2D eigenvalue weighted by Crippen LogP contribution is 2.31. The van der Waals surface area contributed by atoms with Crippen LogP contribution in [0.25, 0.3) is 0 Å². The number of benzene rings is 1. The van der Waals surface area contributed by atoms with Gasteiger partial charge < -0.3 is 5.11 Å². The van der Waals surface area contributed by atoms with E-state index < -0.39 is 6.10 Å². The standard InChI is InChI=1S/C13H13FN2OS/c1-8-6-15-13(16-7-8)18-12-4-3-10(14)5-11(12)9(2)17/h3-7,9,17H,1-2H3/t9-/m0/s1. The molecule has 3 nitrogen and oxygen atoms in total. The van der Waals surface area contributed by atoms with Crippen molar-refractivity contribution in [2.75, 3.05) is 0 Å². The molecule has 2 rings (SSSR count). The highest BCUT2D eigenvalue weighted by Gasteiger charge is 2.11. The fourth-order valence-corrected chi connectivity index (χ4v) is 2.36. The summed E-state index contributed by atoms with van der Waals surface area (Å²) in [5.74, 6) is -0.361. The monoisotopic (exact) mass is 264 g/mol. The molecule has 18 heavy (non-hydrogen) atoms. The van der Waals surface area contributed by atoms with E-state index in [1.807, 2.05) is 6.92 Å². The van der Waals surface area contributed by atoms with Crippen LogP contribution in [0.5, 0.6) is 0 Å². The fourth-order valence-electron chi connectivity index (χ4n) is 1.47. The molecule has 2 aromatic rings. The first-order chi connectivity index (χ1) is 8.56. The topological polar surface area (TPSA) is 46.0 Å². The Balaban J connectivity index is 2.31. The zero-order valence-corrected chi connectivity index (χ0v) is 10.9. The molecular formula is C13H13FN2OS. The number of aliphatic hydroxyl groups excluding tert-OH is 1. The molecule has 0 aliphatic rings. The molecule has 1 N–H and O–H groups in total. The van der Waals surface area contributed by atoms with Crippen molar-refractivity contribution >= 4 is 11.8 Å². The molecule has 0 saturated carbocycles. The largest absolute Gasteiger partial charge is 0.389 e. The maximum absolute atomic E-state index is 13.1. The van der Waals surface area contributed by atoms with E-state index in [9.17, 15) is 9.50 Å². The van der Waals surface area contributed by atoms with E-state index in [-0.39, 0.29) is 5.82 Å². The summed E-state index contributed by atoms with van der Waals surface area (Å²) < 4.78 is 13.1. The van der Waals surface area contributed by atoms with Crippen LogP contribution in [0.2, 0.25) is 0 Å². The molecule has 0 bridgehead atoms. The van der Waals surface area contributed by atoms with E-state index in [4.69, 9.17) is 0 Å². The molecule has 0 radical (unpaired) electrons. The fraction of sp³-hybridized carbons (Fsp3) is 0.231. The minimum Gasteiger partial charge on any atom is -0.389 e. The molecule has 0 unspecified atom stereocenters. The van der Waals surface area contributed by atoms with Gasteiger partial charge in [-0.05, 0) is 54.9 Å². The minimum atomic E-state index is -0.728. The van der Waals surface area contributed by atoms with Crippen molar-refractivity contribution in [2.24, 2.45) is 0 Å². The van der Waals surface area contributed by atoms with Crippen molar-refractivity contribution < 1.29 is 9.50 Å². The van der Waals surface area contributed by atoms with Crippen LogP contribution in [0.4, 0.5) is 4.39 Å². The summed E-state index contributed by atoms with van der Waals surface area (Å²) in [6.45, 7) is 3.52. The van der Waals surface area contributed by atoms with Crippen molar-refractivity contribution in [2.45, 2.75) is 30.0 Å². The second-order valence-electron chi connectivity index (χ2n) is 4.00. The molecule has 1 aromatic heterocycles. The third-order valence-electron chi connectivity index (χ3n) is 2.38. The van der Waals surface area contributed by atoms with E-state index in [0.29, 0.717) is 10.7 Å². The van der Waals surface area contributed by atoms with Crippen LogP contribution in [0.15, 0.2) is 40.6 Å². The average Bonchev–Trinajstić information content (AvgIpc) is 2.34. The summed E-state index contributed by atoms with van der Waals surface area (Å²) >= 11 is 1.31. The number of hydrogen-bond acceptors (Lipinski definition) is 4. The van der Waals surface area contributed by atoms with Gasteiger partial charge in [0.05, 0.1) is 6.10 Å². The third-order valence-corrected chi connectivity index (χ3v) is 3.37. The number of rotatable bonds is 3. The number of aryl methyl sites for hydroxylation is 1. The van der Waals surface area contributed by atoms with Gasteiger partial charge in [0.25, 0.3) is 0 Å². The van der Waals surface area contributed by atoms with Gasteiger partial charge in [0.1, 0.15) is 5.82 Å². The normalized spacial score (nSPS) is 12.4. The van der Waals surface area contributed by atoms with Crippen LogP contribution in [-0.2, 0) is 0 Å². The number of aliphatic hydroxyl groups is 1. The molecule has 94 valence electrons. The van der Waals surface area contributed by atoms with Gasteiger partial charge in [-0.3, -0.25) is 0 Å². The molecule has 0 fully saturated rings. The molecule has 0 saturated heterocycles. The zero-order chi connectivity index (χ0) is 13.1. The van der Waals surface area contributed by atoms with Gasteiger partial charge in [-0.1, -0.05) is 0 Å². The second-order valence-corrected chi connectivity index (χ2v) is 5.01. The Morgan fingerprint density at radius 3 is 2.56 bits per heavy atom. The van der Waals surface area contributed by atoms with Crippen LogP contribution < -0.4 is 0 Å². The third kappa shape index (κ3) is 3.05. The minimum absolute atomic E-state index is 0.361. The highest BCUT2D eigenvalue weighted by atomic mass is 32.2. The molecule has 0 aliphatic heterocycles. The summed E-state index contributed by atoms with van der Waals surface area (Å²) in [7, 11) is 0.